The van der Waals surface area contributed by atoms with Gasteiger partial charge in [0.25, 0.3) is 0 Å². The molecule has 0 saturated heterocycles. The van der Waals surface area contributed by atoms with Gasteiger partial charge in [0, 0.05) is 6.08 Å². The van der Waals surface area contributed by atoms with Crippen LogP contribution in [0.1, 0.15) is 74.1 Å². The molecule has 2 aromatic carbocycles. The molecule has 0 aliphatic heterocycles. The predicted octanol–water partition coefficient (Wildman–Crippen LogP) is 6.97. The number of benzene rings is 2. The van der Waals surface area contributed by atoms with E-state index in [-0.39, 0.29) is 5.97 Å². The zero-order valence-corrected chi connectivity index (χ0v) is 18.9. The first-order valence-corrected chi connectivity index (χ1v) is 11.4. The number of unbranched alkanes of at least 4 members (excludes halogenated alkanes) is 3. The molecule has 31 heavy (non-hydrogen) atoms. The second-order valence-electron chi connectivity index (χ2n) is 8.41. The molecule has 3 heteroatoms. The number of fused-ring (bicyclic) bond motifs is 1. The van der Waals surface area contributed by atoms with Gasteiger partial charge in [0.1, 0.15) is 5.75 Å². The third-order valence-corrected chi connectivity index (χ3v) is 5.76. The zero-order chi connectivity index (χ0) is 22.1. The monoisotopic (exact) mass is 418 g/mol. The summed E-state index contributed by atoms with van der Waals surface area (Å²) in [5, 5.41) is 0. The summed E-state index contributed by atoms with van der Waals surface area (Å²) in [6.07, 6.45) is 9.67. The molecular weight excluding hydrogens is 384 g/mol. The molecule has 1 aliphatic carbocycles. The number of hydrogen-bond donors (Lipinski definition) is 0. The quantitative estimate of drug-likeness (QED) is 0.225. The first-order valence-electron chi connectivity index (χ1n) is 11.4. The smallest absolute Gasteiger partial charge is 0.330 e. The van der Waals surface area contributed by atoms with Crippen molar-refractivity contribution in [1.82, 2.24) is 0 Å². The first-order chi connectivity index (χ1) is 15.1. The third kappa shape index (κ3) is 6.58. The molecule has 1 aliphatic rings. The summed E-state index contributed by atoms with van der Waals surface area (Å²) in [4.78, 5) is 11.0. The summed E-state index contributed by atoms with van der Waals surface area (Å²) in [5.74, 6) is 1.11. The third-order valence-electron chi connectivity index (χ3n) is 5.76. The van der Waals surface area contributed by atoms with Crippen LogP contribution in [0.15, 0.2) is 55.1 Å². The van der Waals surface area contributed by atoms with E-state index in [4.69, 9.17) is 9.47 Å². The summed E-state index contributed by atoms with van der Waals surface area (Å²) in [5.41, 5.74) is 6.90. The van der Waals surface area contributed by atoms with Gasteiger partial charge in [-0.15, -0.1) is 0 Å². The maximum atomic E-state index is 11.0. The molecule has 0 spiro atoms. The summed E-state index contributed by atoms with van der Waals surface area (Å²) in [6, 6.07) is 15.3. The van der Waals surface area contributed by atoms with Gasteiger partial charge in [-0.05, 0) is 84.4 Å². The Labute approximate surface area is 186 Å². The Balaban J connectivity index is 1.53. The van der Waals surface area contributed by atoms with Crippen LogP contribution >= 0.6 is 0 Å². The molecule has 2 aromatic rings. The van der Waals surface area contributed by atoms with Crippen molar-refractivity contribution in [3.05, 3.63) is 77.4 Å². The topological polar surface area (TPSA) is 35.5 Å². The normalized spacial score (nSPS) is 12.8. The zero-order valence-electron chi connectivity index (χ0n) is 18.9. The molecule has 3 rings (SSSR count). The van der Waals surface area contributed by atoms with Crippen molar-refractivity contribution in [3.63, 3.8) is 0 Å². The number of carbonyl (C=O) groups is 1. The van der Waals surface area contributed by atoms with E-state index < -0.39 is 0 Å². The Hall–Kier alpha value is -2.81. The summed E-state index contributed by atoms with van der Waals surface area (Å²) in [7, 11) is 0. The molecule has 0 heterocycles. The molecule has 0 atom stereocenters. The first kappa shape index (κ1) is 22.9. The van der Waals surface area contributed by atoms with E-state index in [2.05, 4.69) is 69.0 Å². The second-order valence-corrected chi connectivity index (χ2v) is 8.41. The highest BCUT2D eigenvalue weighted by Crippen LogP contribution is 2.35. The Bertz CT molecular complexity index is 924. The number of allylic oxidation sites excluding steroid dienone is 1. The molecule has 3 nitrogen and oxygen atoms in total. The molecule has 0 saturated carbocycles. The lowest BCUT2D eigenvalue weighted by Gasteiger charge is -2.21. The highest BCUT2D eigenvalue weighted by molar-refractivity contribution is 5.86. The minimum absolute atomic E-state index is 0.347. The van der Waals surface area contributed by atoms with Crippen LogP contribution in [0.5, 0.6) is 5.75 Å². The molecule has 0 fully saturated rings. The van der Waals surface area contributed by atoms with Gasteiger partial charge in [0.05, 0.1) is 13.2 Å². The minimum atomic E-state index is -0.347. The Morgan fingerprint density at radius 1 is 1.03 bits per heavy atom. The second kappa shape index (κ2) is 11.5. The summed E-state index contributed by atoms with van der Waals surface area (Å²) < 4.78 is 11.0. The van der Waals surface area contributed by atoms with Crippen LogP contribution < -0.4 is 4.74 Å². The number of esters is 1. The molecule has 0 amide bonds. The van der Waals surface area contributed by atoms with Gasteiger partial charge < -0.3 is 9.47 Å². The van der Waals surface area contributed by atoms with Gasteiger partial charge in [-0.3, -0.25) is 0 Å². The molecular formula is C28H34O3. The van der Waals surface area contributed by atoms with Crippen molar-refractivity contribution in [1.29, 1.82) is 0 Å². The van der Waals surface area contributed by atoms with E-state index in [0.29, 0.717) is 19.1 Å². The summed E-state index contributed by atoms with van der Waals surface area (Å²) in [6.45, 7) is 9.08. The van der Waals surface area contributed by atoms with Gasteiger partial charge in [-0.1, -0.05) is 56.8 Å². The average molecular weight is 419 g/mol. The fourth-order valence-corrected chi connectivity index (χ4v) is 4.04. The maximum absolute atomic E-state index is 11.0. The van der Waals surface area contributed by atoms with Gasteiger partial charge in [-0.2, -0.15) is 0 Å². The number of carbonyl (C=O) groups excluding carboxylic acids is 1. The molecule has 0 N–H and O–H groups in total. The summed E-state index contributed by atoms with van der Waals surface area (Å²) >= 11 is 0. The largest absolute Gasteiger partial charge is 0.494 e. The van der Waals surface area contributed by atoms with Crippen LogP contribution in [0.4, 0.5) is 0 Å². The molecule has 0 radical (unpaired) electrons. The lowest BCUT2D eigenvalue weighted by Crippen LogP contribution is -2.04. The Morgan fingerprint density at radius 3 is 2.58 bits per heavy atom. The Kier molecular flexibility index (Phi) is 8.52. The highest BCUT2D eigenvalue weighted by Gasteiger charge is 2.16. The molecule has 0 bridgehead atoms. The van der Waals surface area contributed by atoms with Crippen LogP contribution in [0.3, 0.4) is 0 Å². The van der Waals surface area contributed by atoms with Crippen LogP contribution in [-0.2, 0) is 16.0 Å². The van der Waals surface area contributed by atoms with Crippen molar-refractivity contribution in [3.8, 4) is 5.75 Å². The number of hydrogen-bond acceptors (Lipinski definition) is 3. The van der Waals surface area contributed by atoms with E-state index in [1.165, 1.54) is 33.9 Å². The molecule has 164 valence electrons. The fraction of sp³-hybridized carbons (Fsp3) is 0.393. The number of ether oxygens (including phenoxy) is 2. The van der Waals surface area contributed by atoms with Gasteiger partial charge in [0.2, 0.25) is 0 Å². The van der Waals surface area contributed by atoms with Gasteiger partial charge in [0.15, 0.2) is 0 Å². The Morgan fingerprint density at radius 2 is 1.81 bits per heavy atom. The standard InChI is InChI=1S/C28H34O3/c1-4-28(29)31-18-10-6-5-9-17-30-25-16-15-22-13-14-23(19-24(22)20-25)27-12-8-7-11-26(27)21(2)3/h4,7-8,11-12,15-16,19-21H,1,5-6,9-10,13-14,17-18H2,2-3H3. The van der Waals surface area contributed by atoms with Crippen molar-refractivity contribution in [2.24, 2.45) is 0 Å². The lowest BCUT2D eigenvalue weighted by molar-refractivity contribution is -0.137. The molecule has 0 aromatic heterocycles. The minimum Gasteiger partial charge on any atom is -0.494 e. The fourth-order valence-electron chi connectivity index (χ4n) is 4.04. The van der Waals surface area contributed by atoms with Crippen LogP contribution in [0, 0.1) is 0 Å². The van der Waals surface area contributed by atoms with Crippen LogP contribution in [0.2, 0.25) is 0 Å². The van der Waals surface area contributed by atoms with E-state index in [9.17, 15) is 4.79 Å². The van der Waals surface area contributed by atoms with Crippen molar-refractivity contribution in [2.75, 3.05) is 13.2 Å². The van der Waals surface area contributed by atoms with Gasteiger partial charge >= 0.3 is 5.97 Å². The van der Waals surface area contributed by atoms with E-state index in [1.807, 2.05) is 0 Å². The number of aryl methyl sites for hydroxylation is 1. The van der Waals surface area contributed by atoms with Gasteiger partial charge in [-0.25, -0.2) is 4.79 Å². The van der Waals surface area contributed by atoms with Crippen molar-refractivity contribution in [2.45, 2.75) is 58.3 Å². The lowest BCUT2D eigenvalue weighted by atomic mass is 9.84. The van der Waals surface area contributed by atoms with Crippen LogP contribution in [-0.4, -0.2) is 19.2 Å². The van der Waals surface area contributed by atoms with E-state index in [1.54, 1.807) is 0 Å². The average Bonchev–Trinajstić information content (AvgIpc) is 2.80. The number of rotatable bonds is 11. The maximum Gasteiger partial charge on any atom is 0.330 e. The SMILES string of the molecule is C=CC(=O)OCCCCCCOc1ccc2c(c1)C=C(c1ccccc1C(C)C)CC2. The van der Waals surface area contributed by atoms with Crippen molar-refractivity contribution < 1.29 is 14.3 Å². The highest BCUT2D eigenvalue weighted by atomic mass is 16.5. The van der Waals surface area contributed by atoms with Crippen LogP contribution in [0.25, 0.3) is 11.6 Å². The van der Waals surface area contributed by atoms with E-state index in [0.717, 1.165) is 44.3 Å². The van der Waals surface area contributed by atoms with E-state index >= 15 is 0 Å². The predicted molar refractivity (Wildman–Crippen MR) is 128 cm³/mol. The van der Waals surface area contributed by atoms with Crippen molar-refractivity contribution >= 4 is 17.6 Å². The molecule has 0 unspecified atom stereocenters.